The Morgan fingerprint density at radius 2 is 1.95 bits per heavy atom. The van der Waals surface area contributed by atoms with E-state index in [0.29, 0.717) is 5.82 Å². The number of fused-ring (bicyclic) bond motifs is 2. The van der Waals surface area contributed by atoms with Gasteiger partial charge < -0.3 is 9.88 Å². The fourth-order valence-corrected chi connectivity index (χ4v) is 2.59. The Bertz CT molecular complexity index is 988. The smallest absolute Gasteiger partial charge is 0.154 e. The van der Waals surface area contributed by atoms with Crippen LogP contribution in [0.15, 0.2) is 43.0 Å². The quantitative estimate of drug-likeness (QED) is 0.614. The van der Waals surface area contributed by atoms with Crippen molar-refractivity contribution >= 4 is 27.9 Å². The van der Waals surface area contributed by atoms with Crippen LogP contribution in [0.25, 0.3) is 33.3 Å². The molecule has 4 rings (SSSR count). The van der Waals surface area contributed by atoms with Gasteiger partial charge in [0.15, 0.2) is 5.82 Å². The van der Waals surface area contributed by atoms with Crippen LogP contribution in [0, 0.1) is 0 Å². The maximum Gasteiger partial charge on any atom is 0.154 e. The van der Waals surface area contributed by atoms with Crippen molar-refractivity contribution in [3.8, 4) is 11.3 Å². The van der Waals surface area contributed by atoms with Gasteiger partial charge in [-0.3, -0.25) is 4.98 Å². The summed E-state index contributed by atoms with van der Waals surface area (Å²) < 4.78 is 2.00. The van der Waals surface area contributed by atoms with E-state index in [-0.39, 0.29) is 0 Å². The maximum absolute atomic E-state index is 4.64. The Morgan fingerprint density at radius 3 is 2.82 bits per heavy atom. The molecular formula is C16H14N6. The molecule has 0 saturated heterocycles. The van der Waals surface area contributed by atoms with Crippen LogP contribution in [0.3, 0.4) is 0 Å². The molecule has 0 aromatic carbocycles. The molecule has 0 fully saturated rings. The summed E-state index contributed by atoms with van der Waals surface area (Å²) in [4.78, 5) is 17.9. The minimum atomic E-state index is 0.716. The molecule has 0 aliphatic carbocycles. The molecule has 4 aromatic rings. The van der Waals surface area contributed by atoms with Crippen LogP contribution in [-0.2, 0) is 7.05 Å². The molecule has 108 valence electrons. The number of aryl methyl sites for hydroxylation is 1. The summed E-state index contributed by atoms with van der Waals surface area (Å²) in [6.07, 6.45) is 7.19. The number of nitrogens with one attached hydrogen (secondary N) is 1. The van der Waals surface area contributed by atoms with Gasteiger partial charge in [0, 0.05) is 49.8 Å². The van der Waals surface area contributed by atoms with Gasteiger partial charge in [0.25, 0.3) is 0 Å². The first kappa shape index (κ1) is 12.7. The van der Waals surface area contributed by atoms with E-state index in [0.717, 1.165) is 33.3 Å². The van der Waals surface area contributed by atoms with Crippen LogP contribution in [0.5, 0.6) is 0 Å². The molecule has 4 aromatic heterocycles. The van der Waals surface area contributed by atoms with Crippen molar-refractivity contribution in [2.75, 3.05) is 12.4 Å². The summed E-state index contributed by atoms with van der Waals surface area (Å²) in [6.45, 7) is 0. The zero-order valence-corrected chi connectivity index (χ0v) is 12.3. The Morgan fingerprint density at radius 1 is 1.09 bits per heavy atom. The Hall–Kier alpha value is -3.02. The van der Waals surface area contributed by atoms with Crippen molar-refractivity contribution < 1.29 is 0 Å². The number of nitrogens with zero attached hydrogens (tertiary/aromatic N) is 5. The third-order valence-corrected chi connectivity index (χ3v) is 3.70. The molecule has 4 heterocycles. The lowest BCUT2D eigenvalue weighted by molar-refractivity contribution is 0.948. The van der Waals surface area contributed by atoms with Crippen LogP contribution in [0.1, 0.15) is 0 Å². The minimum Gasteiger partial charge on any atom is -0.371 e. The number of anilines is 1. The molecule has 0 aliphatic heterocycles. The molecule has 0 radical (unpaired) electrons. The summed E-state index contributed by atoms with van der Waals surface area (Å²) >= 11 is 0. The summed E-state index contributed by atoms with van der Waals surface area (Å²) in [5.41, 5.74) is 4.32. The van der Waals surface area contributed by atoms with Gasteiger partial charge in [-0.25, -0.2) is 15.0 Å². The normalized spacial score (nSPS) is 11.2. The first-order valence-electron chi connectivity index (χ1n) is 6.97. The van der Waals surface area contributed by atoms with Crippen LogP contribution < -0.4 is 5.32 Å². The number of hydrogen-bond donors (Lipinski definition) is 1. The second kappa shape index (κ2) is 4.77. The van der Waals surface area contributed by atoms with E-state index in [1.807, 2.05) is 43.2 Å². The van der Waals surface area contributed by atoms with E-state index in [9.17, 15) is 0 Å². The summed E-state index contributed by atoms with van der Waals surface area (Å²) in [7, 11) is 3.82. The number of aromatic nitrogens is 5. The van der Waals surface area contributed by atoms with Gasteiger partial charge in [0.05, 0.1) is 11.2 Å². The van der Waals surface area contributed by atoms with E-state index in [1.165, 1.54) is 0 Å². The maximum atomic E-state index is 4.64. The molecule has 22 heavy (non-hydrogen) atoms. The SMILES string of the molecule is CNc1nc(-c2cnc3c(ccn3C)c2)cc2nccnc12. The van der Waals surface area contributed by atoms with Crippen LogP contribution >= 0.6 is 0 Å². The number of rotatable bonds is 2. The molecule has 0 amide bonds. The highest BCUT2D eigenvalue weighted by Gasteiger charge is 2.10. The zero-order chi connectivity index (χ0) is 15.1. The lowest BCUT2D eigenvalue weighted by Crippen LogP contribution is -1.98. The molecule has 6 nitrogen and oxygen atoms in total. The van der Waals surface area contributed by atoms with Crippen molar-refractivity contribution in [1.82, 2.24) is 24.5 Å². The van der Waals surface area contributed by atoms with Crippen LogP contribution in [0.4, 0.5) is 5.82 Å². The van der Waals surface area contributed by atoms with Crippen molar-refractivity contribution in [2.45, 2.75) is 0 Å². The molecule has 1 N–H and O–H groups in total. The van der Waals surface area contributed by atoms with Crippen molar-refractivity contribution in [3.05, 3.63) is 43.0 Å². The molecule has 6 heteroatoms. The van der Waals surface area contributed by atoms with E-state index in [1.54, 1.807) is 12.4 Å². The second-order valence-corrected chi connectivity index (χ2v) is 5.09. The van der Waals surface area contributed by atoms with Crippen LogP contribution in [0.2, 0.25) is 0 Å². The van der Waals surface area contributed by atoms with E-state index < -0.39 is 0 Å². The molecule has 0 bridgehead atoms. The first-order chi connectivity index (χ1) is 10.8. The highest BCUT2D eigenvalue weighted by Crippen LogP contribution is 2.26. The molecular weight excluding hydrogens is 276 g/mol. The van der Waals surface area contributed by atoms with Crippen molar-refractivity contribution in [3.63, 3.8) is 0 Å². The van der Waals surface area contributed by atoms with Gasteiger partial charge in [0.1, 0.15) is 11.2 Å². The molecule has 0 spiro atoms. The van der Waals surface area contributed by atoms with Gasteiger partial charge in [-0.15, -0.1) is 0 Å². The minimum absolute atomic E-state index is 0.716. The Kier molecular flexibility index (Phi) is 2.75. The number of pyridine rings is 2. The van der Waals surface area contributed by atoms with Crippen molar-refractivity contribution in [1.29, 1.82) is 0 Å². The van der Waals surface area contributed by atoms with Crippen molar-refractivity contribution in [2.24, 2.45) is 7.05 Å². The van der Waals surface area contributed by atoms with E-state index in [4.69, 9.17) is 0 Å². The third-order valence-electron chi connectivity index (χ3n) is 3.70. The largest absolute Gasteiger partial charge is 0.371 e. The first-order valence-corrected chi connectivity index (χ1v) is 6.97. The standard InChI is InChI=1S/C16H14N6/c1-17-15-14-13(18-4-5-19-14)8-12(21-15)11-7-10-3-6-22(2)16(10)20-9-11/h3-9H,1-2H3,(H,17,21). The second-order valence-electron chi connectivity index (χ2n) is 5.09. The summed E-state index contributed by atoms with van der Waals surface area (Å²) in [5.74, 6) is 0.716. The molecule has 0 unspecified atom stereocenters. The lowest BCUT2D eigenvalue weighted by Gasteiger charge is -2.07. The predicted octanol–water partition coefficient (Wildman–Crippen LogP) is 2.62. The Balaban J connectivity index is 1.95. The highest BCUT2D eigenvalue weighted by atomic mass is 15.0. The van der Waals surface area contributed by atoms with E-state index in [2.05, 4.69) is 31.3 Å². The average Bonchev–Trinajstić information content (AvgIpc) is 2.94. The van der Waals surface area contributed by atoms with Crippen LogP contribution in [-0.4, -0.2) is 31.6 Å². The fourth-order valence-electron chi connectivity index (χ4n) is 2.59. The molecule has 0 saturated carbocycles. The van der Waals surface area contributed by atoms with Gasteiger partial charge in [-0.05, 0) is 18.2 Å². The molecule has 0 aliphatic rings. The highest BCUT2D eigenvalue weighted by molar-refractivity contribution is 5.89. The van der Waals surface area contributed by atoms with Gasteiger partial charge in [-0.2, -0.15) is 0 Å². The van der Waals surface area contributed by atoms with E-state index >= 15 is 0 Å². The summed E-state index contributed by atoms with van der Waals surface area (Å²) in [5, 5.41) is 4.17. The topological polar surface area (TPSA) is 68.5 Å². The zero-order valence-electron chi connectivity index (χ0n) is 12.3. The Labute approximate surface area is 126 Å². The monoisotopic (exact) mass is 290 g/mol. The van der Waals surface area contributed by atoms with Gasteiger partial charge >= 0.3 is 0 Å². The summed E-state index contributed by atoms with van der Waals surface area (Å²) in [6, 6.07) is 6.08. The predicted molar refractivity (Wildman–Crippen MR) is 86.6 cm³/mol. The van der Waals surface area contributed by atoms with Gasteiger partial charge in [0.2, 0.25) is 0 Å². The number of hydrogen-bond acceptors (Lipinski definition) is 5. The average molecular weight is 290 g/mol. The molecule has 0 atom stereocenters. The fraction of sp³-hybridized carbons (Fsp3) is 0.125. The lowest BCUT2D eigenvalue weighted by atomic mass is 10.1. The third kappa shape index (κ3) is 1.88. The van der Waals surface area contributed by atoms with Gasteiger partial charge in [-0.1, -0.05) is 0 Å².